The van der Waals surface area contributed by atoms with Crippen molar-refractivity contribution < 1.29 is 9.47 Å². The summed E-state index contributed by atoms with van der Waals surface area (Å²) in [4.78, 5) is 4.60. The second-order valence-electron chi connectivity index (χ2n) is 5.06. The van der Waals surface area contributed by atoms with Crippen LogP contribution in [0.5, 0.6) is 11.5 Å². The molecule has 0 radical (unpaired) electrons. The van der Waals surface area contributed by atoms with E-state index < -0.39 is 5.54 Å². The first-order valence-corrected chi connectivity index (χ1v) is 7.39. The van der Waals surface area contributed by atoms with Crippen molar-refractivity contribution >= 4 is 11.3 Å². The molecule has 0 amide bonds. The van der Waals surface area contributed by atoms with Gasteiger partial charge >= 0.3 is 0 Å². The number of ether oxygens (including phenoxy) is 2. The fourth-order valence-electron chi connectivity index (χ4n) is 1.78. The van der Waals surface area contributed by atoms with Gasteiger partial charge in [0.2, 0.25) is 0 Å². The minimum atomic E-state index is -0.426. The standard InChI is InChI=1S/C15H20N2O2S/c1-5-19-11-7-6-10(8-12(11)18-4)14-17-13(9-20-14)15(2,3)16/h6-9H,5,16H2,1-4H3. The van der Waals surface area contributed by atoms with Gasteiger partial charge < -0.3 is 15.2 Å². The lowest BCUT2D eigenvalue weighted by Crippen LogP contribution is -2.28. The molecule has 0 fully saturated rings. The molecule has 0 atom stereocenters. The number of methoxy groups -OCH3 is 1. The van der Waals surface area contributed by atoms with E-state index in [-0.39, 0.29) is 0 Å². The summed E-state index contributed by atoms with van der Waals surface area (Å²) >= 11 is 1.58. The molecule has 2 aromatic rings. The average Bonchev–Trinajstić information content (AvgIpc) is 2.89. The van der Waals surface area contributed by atoms with Crippen molar-refractivity contribution in [3.63, 3.8) is 0 Å². The fourth-order valence-corrected chi connectivity index (χ4v) is 2.77. The van der Waals surface area contributed by atoms with Gasteiger partial charge in [-0.05, 0) is 39.0 Å². The number of nitrogens with two attached hydrogens (primary N) is 1. The van der Waals surface area contributed by atoms with Gasteiger partial charge in [0.1, 0.15) is 5.01 Å². The largest absolute Gasteiger partial charge is 0.493 e. The molecule has 0 spiro atoms. The van der Waals surface area contributed by atoms with Gasteiger partial charge in [0.05, 0.1) is 24.9 Å². The van der Waals surface area contributed by atoms with Crippen molar-refractivity contribution in [3.05, 3.63) is 29.3 Å². The SMILES string of the molecule is CCOc1ccc(-c2nc(C(C)(C)N)cs2)cc1OC. The molecule has 20 heavy (non-hydrogen) atoms. The monoisotopic (exact) mass is 292 g/mol. The molecule has 0 saturated carbocycles. The van der Waals surface area contributed by atoms with Crippen LogP contribution < -0.4 is 15.2 Å². The number of aromatic nitrogens is 1. The van der Waals surface area contributed by atoms with E-state index in [0.717, 1.165) is 22.0 Å². The van der Waals surface area contributed by atoms with Crippen LogP contribution in [-0.4, -0.2) is 18.7 Å². The normalized spacial score (nSPS) is 11.4. The summed E-state index contributed by atoms with van der Waals surface area (Å²) in [6, 6.07) is 5.84. The van der Waals surface area contributed by atoms with Gasteiger partial charge in [-0.3, -0.25) is 0 Å². The highest BCUT2D eigenvalue weighted by Crippen LogP contribution is 2.34. The summed E-state index contributed by atoms with van der Waals surface area (Å²) in [5, 5.41) is 2.93. The zero-order chi connectivity index (χ0) is 14.8. The molecule has 0 aliphatic carbocycles. The third-order valence-electron chi connectivity index (χ3n) is 2.87. The van der Waals surface area contributed by atoms with Crippen LogP contribution in [0.2, 0.25) is 0 Å². The van der Waals surface area contributed by atoms with Gasteiger partial charge in [-0.25, -0.2) is 4.98 Å². The highest BCUT2D eigenvalue weighted by atomic mass is 32.1. The van der Waals surface area contributed by atoms with Crippen molar-refractivity contribution in [2.24, 2.45) is 5.73 Å². The number of rotatable bonds is 5. The van der Waals surface area contributed by atoms with E-state index in [1.54, 1.807) is 18.4 Å². The quantitative estimate of drug-likeness (QED) is 0.917. The summed E-state index contributed by atoms with van der Waals surface area (Å²) in [7, 11) is 1.64. The Hall–Kier alpha value is -1.59. The van der Waals surface area contributed by atoms with Crippen LogP contribution in [0.1, 0.15) is 26.5 Å². The van der Waals surface area contributed by atoms with Crippen LogP contribution >= 0.6 is 11.3 Å². The molecule has 2 N–H and O–H groups in total. The molecule has 0 aliphatic heterocycles. The molecule has 4 nitrogen and oxygen atoms in total. The van der Waals surface area contributed by atoms with Gasteiger partial charge in [0.15, 0.2) is 11.5 Å². The van der Waals surface area contributed by atoms with E-state index in [0.29, 0.717) is 12.4 Å². The first-order valence-electron chi connectivity index (χ1n) is 6.51. The van der Waals surface area contributed by atoms with Crippen LogP contribution in [0.3, 0.4) is 0 Å². The lowest BCUT2D eigenvalue weighted by atomic mass is 10.0. The molecule has 1 aromatic heterocycles. The number of hydrogen-bond acceptors (Lipinski definition) is 5. The van der Waals surface area contributed by atoms with Gasteiger partial charge in [-0.2, -0.15) is 0 Å². The van der Waals surface area contributed by atoms with Crippen LogP contribution in [-0.2, 0) is 5.54 Å². The highest BCUT2D eigenvalue weighted by molar-refractivity contribution is 7.13. The molecule has 0 bridgehead atoms. The minimum Gasteiger partial charge on any atom is -0.493 e. The average molecular weight is 292 g/mol. The molecule has 1 aromatic carbocycles. The highest BCUT2D eigenvalue weighted by Gasteiger charge is 2.19. The first kappa shape index (κ1) is 14.8. The Balaban J connectivity index is 2.36. The Morgan fingerprint density at radius 2 is 2.05 bits per heavy atom. The van der Waals surface area contributed by atoms with E-state index in [1.165, 1.54) is 0 Å². The molecular weight excluding hydrogens is 272 g/mol. The Morgan fingerprint density at radius 3 is 2.60 bits per heavy atom. The van der Waals surface area contributed by atoms with E-state index in [2.05, 4.69) is 4.98 Å². The molecular formula is C15H20N2O2S. The second-order valence-corrected chi connectivity index (χ2v) is 5.92. The zero-order valence-electron chi connectivity index (χ0n) is 12.3. The first-order chi connectivity index (χ1) is 9.45. The van der Waals surface area contributed by atoms with Crippen LogP contribution in [0.15, 0.2) is 23.6 Å². The Kier molecular flexibility index (Phi) is 4.30. The summed E-state index contributed by atoms with van der Waals surface area (Å²) in [6.45, 7) is 6.46. The van der Waals surface area contributed by atoms with Crippen LogP contribution in [0, 0.1) is 0 Å². The Labute approximate surface area is 123 Å². The number of benzene rings is 1. The molecule has 1 heterocycles. The molecule has 108 valence electrons. The summed E-state index contributed by atoms with van der Waals surface area (Å²) in [6.07, 6.45) is 0. The predicted octanol–water partition coefficient (Wildman–Crippen LogP) is 3.41. The zero-order valence-corrected chi connectivity index (χ0v) is 13.1. The third-order valence-corrected chi connectivity index (χ3v) is 3.77. The van der Waals surface area contributed by atoms with E-state index >= 15 is 0 Å². The van der Waals surface area contributed by atoms with Crippen molar-refractivity contribution in [3.8, 4) is 22.1 Å². The molecule has 0 unspecified atom stereocenters. The van der Waals surface area contributed by atoms with E-state index in [4.69, 9.17) is 15.2 Å². The minimum absolute atomic E-state index is 0.426. The van der Waals surface area contributed by atoms with Gasteiger partial charge in [-0.15, -0.1) is 11.3 Å². The van der Waals surface area contributed by atoms with Crippen molar-refractivity contribution in [1.29, 1.82) is 0 Å². The van der Waals surface area contributed by atoms with Gasteiger partial charge in [0.25, 0.3) is 0 Å². The number of thiazole rings is 1. The molecule has 0 aliphatic rings. The van der Waals surface area contributed by atoms with E-state index in [9.17, 15) is 0 Å². The molecule has 2 rings (SSSR count). The lowest BCUT2D eigenvalue weighted by molar-refractivity contribution is 0.311. The van der Waals surface area contributed by atoms with Crippen LogP contribution in [0.4, 0.5) is 0 Å². The number of hydrogen-bond donors (Lipinski definition) is 1. The maximum Gasteiger partial charge on any atom is 0.161 e. The smallest absolute Gasteiger partial charge is 0.161 e. The van der Waals surface area contributed by atoms with Gasteiger partial charge in [0, 0.05) is 10.9 Å². The molecule has 0 saturated heterocycles. The fraction of sp³-hybridized carbons (Fsp3) is 0.400. The lowest BCUT2D eigenvalue weighted by Gasteiger charge is -2.14. The molecule has 5 heteroatoms. The maximum absolute atomic E-state index is 6.07. The van der Waals surface area contributed by atoms with Crippen LogP contribution in [0.25, 0.3) is 10.6 Å². The summed E-state index contributed by atoms with van der Waals surface area (Å²) in [5.74, 6) is 1.46. The van der Waals surface area contributed by atoms with E-state index in [1.807, 2.05) is 44.4 Å². The van der Waals surface area contributed by atoms with Crippen molar-refractivity contribution in [2.75, 3.05) is 13.7 Å². The maximum atomic E-state index is 6.07. The summed E-state index contributed by atoms with van der Waals surface area (Å²) < 4.78 is 10.9. The topological polar surface area (TPSA) is 57.4 Å². The summed E-state index contributed by atoms with van der Waals surface area (Å²) in [5.41, 5.74) is 7.54. The Bertz CT molecular complexity index is 588. The van der Waals surface area contributed by atoms with Crippen molar-refractivity contribution in [2.45, 2.75) is 26.3 Å². The number of nitrogens with zero attached hydrogens (tertiary/aromatic N) is 1. The predicted molar refractivity (Wildman–Crippen MR) is 82.5 cm³/mol. The Morgan fingerprint density at radius 1 is 1.30 bits per heavy atom. The van der Waals surface area contributed by atoms with Crippen molar-refractivity contribution in [1.82, 2.24) is 4.98 Å². The third kappa shape index (κ3) is 3.11. The second kappa shape index (κ2) is 5.81. The van der Waals surface area contributed by atoms with Gasteiger partial charge in [-0.1, -0.05) is 0 Å².